The number of carbonyl (C=O) groups is 3. The predicted octanol–water partition coefficient (Wildman–Crippen LogP) is 5.21. The molecule has 41 heavy (non-hydrogen) atoms. The van der Waals surface area contributed by atoms with E-state index in [1.807, 2.05) is 66.7 Å². The molecule has 0 radical (unpaired) electrons. The molecule has 0 saturated carbocycles. The number of rotatable bonds is 9. The molecule has 2 aliphatic rings. The van der Waals surface area contributed by atoms with Gasteiger partial charge in [-0.3, -0.25) is 9.59 Å². The highest BCUT2D eigenvalue weighted by Gasteiger charge is 2.41. The molecule has 0 bridgehead atoms. The third-order valence-electron chi connectivity index (χ3n) is 8.40. The topological polar surface area (TPSA) is 105 Å². The summed E-state index contributed by atoms with van der Waals surface area (Å²) in [5, 5.41) is 12.4. The predicted molar refractivity (Wildman–Crippen MR) is 154 cm³/mol. The van der Waals surface area contributed by atoms with Gasteiger partial charge in [0.05, 0.1) is 18.1 Å². The number of carboxylic acid groups (broad SMARTS) is 1. The Balaban J connectivity index is 1.27. The van der Waals surface area contributed by atoms with Gasteiger partial charge in [-0.25, -0.2) is 4.79 Å². The average molecular weight is 557 g/mol. The number of amides is 2. The fourth-order valence-corrected chi connectivity index (χ4v) is 5.68. The number of alkyl carbamates (subject to hydrolysis) is 1. The fraction of sp³-hybridized carbons (Fsp3) is 0.364. The summed E-state index contributed by atoms with van der Waals surface area (Å²) in [7, 11) is 0. The Bertz CT molecular complexity index is 1350. The van der Waals surface area contributed by atoms with Gasteiger partial charge in [0.25, 0.3) is 0 Å². The van der Waals surface area contributed by atoms with Gasteiger partial charge >= 0.3 is 12.1 Å². The fourth-order valence-electron chi connectivity index (χ4n) is 5.68. The quantitative estimate of drug-likeness (QED) is 0.375. The van der Waals surface area contributed by atoms with E-state index in [1.165, 1.54) is 0 Å². The summed E-state index contributed by atoms with van der Waals surface area (Å²) in [4.78, 5) is 40.1. The van der Waals surface area contributed by atoms with Crippen LogP contribution in [0.3, 0.4) is 0 Å². The van der Waals surface area contributed by atoms with E-state index >= 15 is 0 Å². The second-order valence-corrected chi connectivity index (χ2v) is 11.1. The first-order chi connectivity index (χ1) is 19.8. The number of hydrogen-bond acceptors (Lipinski definition) is 5. The van der Waals surface area contributed by atoms with E-state index < -0.39 is 29.6 Å². The van der Waals surface area contributed by atoms with Crippen molar-refractivity contribution in [1.29, 1.82) is 0 Å². The largest absolute Gasteiger partial charge is 0.481 e. The third kappa shape index (κ3) is 6.12. The lowest BCUT2D eigenvalue weighted by atomic mass is 9.80. The zero-order valence-electron chi connectivity index (χ0n) is 23.4. The van der Waals surface area contributed by atoms with Crippen molar-refractivity contribution in [2.75, 3.05) is 19.7 Å². The monoisotopic (exact) mass is 556 g/mol. The molecule has 8 heteroatoms. The van der Waals surface area contributed by atoms with Crippen LogP contribution in [-0.2, 0) is 25.7 Å². The van der Waals surface area contributed by atoms with Crippen LogP contribution in [0.25, 0.3) is 11.1 Å². The van der Waals surface area contributed by atoms with Crippen molar-refractivity contribution < 1.29 is 29.0 Å². The van der Waals surface area contributed by atoms with E-state index in [9.17, 15) is 19.5 Å². The second-order valence-electron chi connectivity index (χ2n) is 11.1. The van der Waals surface area contributed by atoms with Crippen molar-refractivity contribution in [3.63, 3.8) is 0 Å². The number of piperidine rings is 1. The molecule has 5 rings (SSSR count). The minimum atomic E-state index is -0.997. The zero-order chi connectivity index (χ0) is 29.0. The maximum absolute atomic E-state index is 13.7. The first-order valence-corrected chi connectivity index (χ1v) is 14.1. The van der Waals surface area contributed by atoms with Crippen molar-refractivity contribution in [2.45, 2.75) is 51.4 Å². The molecule has 2 N–H and O–H groups in total. The Morgan fingerprint density at radius 3 is 2.07 bits per heavy atom. The highest BCUT2D eigenvalue weighted by molar-refractivity contribution is 5.87. The Morgan fingerprint density at radius 1 is 0.927 bits per heavy atom. The lowest BCUT2D eigenvalue weighted by Gasteiger charge is -2.38. The number of fused-ring (bicyclic) bond motifs is 3. The van der Waals surface area contributed by atoms with Gasteiger partial charge in [-0.1, -0.05) is 78.9 Å². The molecule has 8 nitrogen and oxygen atoms in total. The average Bonchev–Trinajstić information content (AvgIpc) is 3.31. The number of hydrogen-bond donors (Lipinski definition) is 2. The Kier molecular flexibility index (Phi) is 8.40. The molecule has 0 aromatic heterocycles. The highest BCUT2D eigenvalue weighted by Crippen LogP contribution is 2.44. The van der Waals surface area contributed by atoms with Crippen LogP contribution in [-0.4, -0.2) is 59.8 Å². The van der Waals surface area contributed by atoms with Crippen LogP contribution < -0.4 is 5.32 Å². The van der Waals surface area contributed by atoms with Gasteiger partial charge in [-0.2, -0.15) is 0 Å². The lowest BCUT2D eigenvalue weighted by molar-refractivity contribution is -0.154. The number of carboxylic acids is 1. The summed E-state index contributed by atoms with van der Waals surface area (Å²) >= 11 is 0. The normalized spacial score (nSPS) is 17.2. The maximum atomic E-state index is 13.7. The van der Waals surface area contributed by atoms with E-state index in [-0.39, 0.29) is 38.1 Å². The second kappa shape index (κ2) is 12.1. The Morgan fingerprint density at radius 2 is 1.49 bits per heavy atom. The van der Waals surface area contributed by atoms with Crippen LogP contribution in [0, 0.1) is 5.41 Å². The summed E-state index contributed by atoms with van der Waals surface area (Å²) in [6.07, 6.45) is -0.681. The van der Waals surface area contributed by atoms with Crippen molar-refractivity contribution >= 4 is 18.0 Å². The minimum absolute atomic E-state index is 0.107. The molecule has 1 fully saturated rings. The molecule has 3 aromatic rings. The molecular weight excluding hydrogens is 520 g/mol. The number of likely N-dealkylation sites (tertiary alicyclic amines) is 1. The van der Waals surface area contributed by atoms with E-state index in [1.54, 1.807) is 18.7 Å². The van der Waals surface area contributed by atoms with Gasteiger partial charge in [-0.15, -0.1) is 0 Å². The highest BCUT2D eigenvalue weighted by atomic mass is 16.5. The van der Waals surface area contributed by atoms with Crippen molar-refractivity contribution in [1.82, 2.24) is 10.2 Å². The smallest absolute Gasteiger partial charge is 0.407 e. The van der Waals surface area contributed by atoms with E-state index in [0.717, 1.165) is 27.8 Å². The van der Waals surface area contributed by atoms with E-state index in [2.05, 4.69) is 17.4 Å². The number of aliphatic carboxylic acids is 1. The number of nitrogens with one attached hydrogen (secondary N) is 1. The molecule has 0 unspecified atom stereocenters. The molecule has 1 aliphatic carbocycles. The zero-order valence-corrected chi connectivity index (χ0v) is 23.4. The summed E-state index contributed by atoms with van der Waals surface area (Å²) in [5.41, 5.74) is 4.54. The van der Waals surface area contributed by atoms with Crippen LogP contribution in [0.4, 0.5) is 4.79 Å². The first-order valence-electron chi connectivity index (χ1n) is 14.1. The van der Waals surface area contributed by atoms with Gasteiger partial charge in [0.15, 0.2) is 0 Å². The van der Waals surface area contributed by atoms with Crippen LogP contribution >= 0.6 is 0 Å². The van der Waals surface area contributed by atoms with Crippen LogP contribution in [0.1, 0.15) is 49.3 Å². The first kappa shape index (κ1) is 28.4. The molecule has 1 aliphatic heterocycles. The molecule has 3 aromatic carbocycles. The van der Waals surface area contributed by atoms with E-state index in [4.69, 9.17) is 9.47 Å². The van der Waals surface area contributed by atoms with Crippen LogP contribution in [0.2, 0.25) is 0 Å². The van der Waals surface area contributed by atoms with E-state index in [0.29, 0.717) is 12.8 Å². The molecule has 214 valence electrons. The number of benzene rings is 3. The third-order valence-corrected chi connectivity index (χ3v) is 8.40. The number of carbonyl (C=O) groups excluding carboxylic acids is 2. The Hall–Kier alpha value is -4.17. The van der Waals surface area contributed by atoms with Crippen molar-refractivity contribution in [3.05, 3.63) is 95.6 Å². The summed E-state index contributed by atoms with van der Waals surface area (Å²) in [6, 6.07) is 24.8. The van der Waals surface area contributed by atoms with Gasteiger partial charge in [0.1, 0.15) is 12.6 Å². The summed E-state index contributed by atoms with van der Waals surface area (Å²) in [5.74, 6) is -1.28. The molecule has 2 atom stereocenters. The Labute approximate surface area is 240 Å². The SMILES string of the molecule is C[C@H](OCc1ccccc1)[C@@H](NC(=O)OCC1c2ccccc2-c2ccccc21)C(=O)N1CCC(C)(C(=O)O)CC1. The summed E-state index contributed by atoms with van der Waals surface area (Å²) in [6.45, 7) is 4.43. The van der Waals surface area contributed by atoms with Gasteiger partial charge in [-0.05, 0) is 54.5 Å². The van der Waals surface area contributed by atoms with Crippen molar-refractivity contribution in [2.24, 2.45) is 5.41 Å². The molecular formula is C33H36N2O6. The lowest BCUT2D eigenvalue weighted by Crippen LogP contribution is -2.57. The van der Waals surface area contributed by atoms with Gasteiger partial charge < -0.3 is 24.8 Å². The maximum Gasteiger partial charge on any atom is 0.407 e. The van der Waals surface area contributed by atoms with Crippen molar-refractivity contribution in [3.8, 4) is 11.1 Å². The van der Waals surface area contributed by atoms with Crippen LogP contribution in [0.15, 0.2) is 78.9 Å². The number of ether oxygens (including phenoxy) is 2. The molecule has 1 saturated heterocycles. The molecule has 1 heterocycles. The summed E-state index contributed by atoms with van der Waals surface area (Å²) < 4.78 is 11.8. The standard InChI is InChI=1S/C33H36N2O6/c1-22(40-20-23-10-4-3-5-11-23)29(30(36)35-18-16-33(2,17-19-35)31(37)38)34-32(39)41-21-28-26-14-8-6-12-24(26)25-13-7-9-15-27(25)28/h3-15,22,28-29H,16-21H2,1-2H3,(H,34,39)(H,37,38)/t22-,29+/m0/s1. The molecule has 2 amide bonds. The number of nitrogens with zero attached hydrogens (tertiary/aromatic N) is 1. The minimum Gasteiger partial charge on any atom is -0.481 e. The molecule has 0 spiro atoms. The van der Waals surface area contributed by atoms with Gasteiger partial charge in [0.2, 0.25) is 5.91 Å². The van der Waals surface area contributed by atoms with Crippen LogP contribution in [0.5, 0.6) is 0 Å². The van der Waals surface area contributed by atoms with Gasteiger partial charge in [0, 0.05) is 19.0 Å².